The normalized spacial score (nSPS) is 33.2. The SMILES string of the molecule is CC(C)=C1CC(CO)C(C)C(CO)C1. The summed E-state index contributed by atoms with van der Waals surface area (Å²) in [6.45, 7) is 6.87. The average Bonchev–Trinajstić information content (AvgIpc) is 2.17. The van der Waals surface area contributed by atoms with Crippen molar-refractivity contribution >= 4 is 0 Å². The highest BCUT2D eigenvalue weighted by atomic mass is 16.3. The second-order valence-electron chi connectivity index (χ2n) is 4.76. The lowest BCUT2D eigenvalue weighted by Crippen LogP contribution is -2.31. The second kappa shape index (κ2) is 4.94. The third kappa shape index (κ3) is 2.37. The molecule has 2 nitrogen and oxygen atoms in total. The van der Waals surface area contributed by atoms with Crippen LogP contribution in [-0.2, 0) is 0 Å². The van der Waals surface area contributed by atoms with Crippen LogP contribution in [0.4, 0.5) is 0 Å². The molecule has 1 saturated carbocycles. The number of aliphatic hydroxyl groups excluding tert-OH is 2. The minimum atomic E-state index is 0.244. The van der Waals surface area contributed by atoms with E-state index in [2.05, 4.69) is 20.8 Å². The van der Waals surface area contributed by atoms with E-state index in [-0.39, 0.29) is 13.2 Å². The molecule has 1 aliphatic rings. The van der Waals surface area contributed by atoms with Crippen molar-refractivity contribution in [3.63, 3.8) is 0 Å². The summed E-state index contributed by atoms with van der Waals surface area (Å²) < 4.78 is 0. The first kappa shape index (κ1) is 11.7. The zero-order chi connectivity index (χ0) is 10.7. The lowest BCUT2D eigenvalue weighted by atomic mass is 9.70. The molecule has 0 radical (unpaired) electrons. The molecule has 0 saturated heterocycles. The number of rotatable bonds is 2. The molecule has 0 aromatic heterocycles. The van der Waals surface area contributed by atoms with Crippen molar-refractivity contribution in [3.05, 3.63) is 11.1 Å². The van der Waals surface area contributed by atoms with E-state index in [1.807, 2.05) is 0 Å². The van der Waals surface area contributed by atoms with E-state index >= 15 is 0 Å². The minimum Gasteiger partial charge on any atom is -0.396 e. The van der Waals surface area contributed by atoms with Crippen LogP contribution in [0, 0.1) is 17.8 Å². The molecule has 0 bridgehead atoms. The molecule has 1 rings (SSSR count). The van der Waals surface area contributed by atoms with Gasteiger partial charge in [0.2, 0.25) is 0 Å². The Morgan fingerprint density at radius 2 is 1.57 bits per heavy atom. The van der Waals surface area contributed by atoms with Gasteiger partial charge in [-0.3, -0.25) is 0 Å². The van der Waals surface area contributed by atoms with Crippen LogP contribution in [0.3, 0.4) is 0 Å². The maximum Gasteiger partial charge on any atom is 0.0465 e. The van der Waals surface area contributed by atoms with Crippen LogP contribution in [0.5, 0.6) is 0 Å². The summed E-state index contributed by atoms with van der Waals surface area (Å²) >= 11 is 0. The maximum atomic E-state index is 9.27. The minimum absolute atomic E-state index is 0.244. The monoisotopic (exact) mass is 198 g/mol. The summed E-state index contributed by atoms with van der Waals surface area (Å²) in [4.78, 5) is 0. The number of allylic oxidation sites excluding steroid dienone is 2. The predicted octanol–water partition coefficient (Wildman–Crippen LogP) is 1.97. The summed E-state index contributed by atoms with van der Waals surface area (Å²) in [5.41, 5.74) is 2.79. The van der Waals surface area contributed by atoms with Crippen LogP contribution in [0.25, 0.3) is 0 Å². The summed E-state index contributed by atoms with van der Waals surface area (Å²) in [6, 6.07) is 0. The summed E-state index contributed by atoms with van der Waals surface area (Å²) in [6.07, 6.45) is 2.02. The Morgan fingerprint density at radius 1 is 1.14 bits per heavy atom. The van der Waals surface area contributed by atoms with Crippen molar-refractivity contribution in [3.8, 4) is 0 Å². The van der Waals surface area contributed by atoms with Crippen LogP contribution in [-0.4, -0.2) is 23.4 Å². The third-order valence-electron chi connectivity index (χ3n) is 3.68. The number of hydrogen-bond donors (Lipinski definition) is 2. The molecule has 2 heteroatoms. The third-order valence-corrected chi connectivity index (χ3v) is 3.68. The highest BCUT2D eigenvalue weighted by Gasteiger charge is 2.31. The molecule has 14 heavy (non-hydrogen) atoms. The molecular formula is C12H22O2. The van der Waals surface area contributed by atoms with Crippen molar-refractivity contribution in [2.24, 2.45) is 17.8 Å². The Hall–Kier alpha value is -0.340. The molecule has 1 aliphatic carbocycles. The van der Waals surface area contributed by atoms with Crippen molar-refractivity contribution in [2.45, 2.75) is 33.6 Å². The van der Waals surface area contributed by atoms with Gasteiger partial charge in [0, 0.05) is 13.2 Å². The van der Waals surface area contributed by atoms with E-state index < -0.39 is 0 Å². The van der Waals surface area contributed by atoms with E-state index in [9.17, 15) is 10.2 Å². The van der Waals surface area contributed by atoms with Gasteiger partial charge in [-0.1, -0.05) is 18.1 Å². The van der Waals surface area contributed by atoms with Gasteiger partial charge in [0.05, 0.1) is 0 Å². The molecular weight excluding hydrogens is 176 g/mol. The smallest absolute Gasteiger partial charge is 0.0465 e. The maximum absolute atomic E-state index is 9.27. The van der Waals surface area contributed by atoms with Gasteiger partial charge >= 0.3 is 0 Å². The van der Waals surface area contributed by atoms with Crippen LogP contribution < -0.4 is 0 Å². The van der Waals surface area contributed by atoms with Gasteiger partial charge in [-0.25, -0.2) is 0 Å². The largest absolute Gasteiger partial charge is 0.396 e. The van der Waals surface area contributed by atoms with Crippen molar-refractivity contribution in [1.82, 2.24) is 0 Å². The zero-order valence-electron chi connectivity index (χ0n) is 9.45. The Bertz CT molecular complexity index is 200. The fourth-order valence-corrected chi connectivity index (χ4v) is 2.34. The van der Waals surface area contributed by atoms with Gasteiger partial charge in [0.1, 0.15) is 0 Å². The lowest BCUT2D eigenvalue weighted by Gasteiger charge is -2.36. The van der Waals surface area contributed by atoms with E-state index in [1.54, 1.807) is 0 Å². The summed E-state index contributed by atoms with van der Waals surface area (Å²) in [7, 11) is 0. The van der Waals surface area contributed by atoms with Gasteiger partial charge in [-0.2, -0.15) is 0 Å². The summed E-state index contributed by atoms with van der Waals surface area (Å²) in [5, 5.41) is 18.5. The molecule has 82 valence electrons. The fraction of sp³-hybridized carbons (Fsp3) is 0.833. The van der Waals surface area contributed by atoms with Crippen LogP contribution >= 0.6 is 0 Å². The highest BCUT2D eigenvalue weighted by Crippen LogP contribution is 2.38. The molecule has 2 N–H and O–H groups in total. The Labute approximate surface area is 86.6 Å². The molecule has 0 heterocycles. The molecule has 2 unspecified atom stereocenters. The second-order valence-corrected chi connectivity index (χ2v) is 4.76. The molecule has 0 spiro atoms. The van der Waals surface area contributed by atoms with Crippen LogP contribution in [0.1, 0.15) is 33.6 Å². The first-order chi connectivity index (χ1) is 6.60. The number of hydrogen-bond acceptors (Lipinski definition) is 2. The van der Waals surface area contributed by atoms with E-state index in [1.165, 1.54) is 11.1 Å². The first-order valence-corrected chi connectivity index (χ1v) is 5.47. The van der Waals surface area contributed by atoms with E-state index in [4.69, 9.17) is 0 Å². The van der Waals surface area contributed by atoms with E-state index in [0.29, 0.717) is 17.8 Å². The highest BCUT2D eigenvalue weighted by molar-refractivity contribution is 5.14. The molecule has 0 aliphatic heterocycles. The lowest BCUT2D eigenvalue weighted by molar-refractivity contribution is 0.0855. The molecule has 1 fully saturated rings. The Kier molecular flexibility index (Phi) is 4.14. The molecule has 0 aromatic rings. The van der Waals surface area contributed by atoms with Crippen molar-refractivity contribution < 1.29 is 10.2 Å². The first-order valence-electron chi connectivity index (χ1n) is 5.47. The Balaban J connectivity index is 2.79. The molecule has 0 amide bonds. The average molecular weight is 198 g/mol. The standard InChI is InChI=1S/C12H22O2/c1-8(2)10-4-11(6-13)9(3)12(5-10)7-14/h9,11-14H,4-7H2,1-3H3. The van der Waals surface area contributed by atoms with Crippen LogP contribution in [0.2, 0.25) is 0 Å². The van der Waals surface area contributed by atoms with Crippen molar-refractivity contribution in [2.75, 3.05) is 13.2 Å². The van der Waals surface area contributed by atoms with Gasteiger partial charge < -0.3 is 10.2 Å². The molecule has 0 aromatic carbocycles. The van der Waals surface area contributed by atoms with Gasteiger partial charge in [-0.15, -0.1) is 0 Å². The zero-order valence-corrected chi connectivity index (χ0v) is 9.45. The van der Waals surface area contributed by atoms with Gasteiger partial charge in [-0.05, 0) is 44.4 Å². The quantitative estimate of drug-likeness (QED) is 0.666. The Morgan fingerprint density at radius 3 is 1.86 bits per heavy atom. The summed E-state index contributed by atoms with van der Waals surface area (Å²) in [5.74, 6) is 1.12. The molecule has 2 atom stereocenters. The van der Waals surface area contributed by atoms with E-state index in [0.717, 1.165) is 12.8 Å². The topological polar surface area (TPSA) is 40.5 Å². The predicted molar refractivity (Wildman–Crippen MR) is 57.9 cm³/mol. The number of aliphatic hydroxyl groups is 2. The van der Waals surface area contributed by atoms with Gasteiger partial charge in [0.25, 0.3) is 0 Å². The fourth-order valence-electron chi connectivity index (χ4n) is 2.34. The van der Waals surface area contributed by atoms with Crippen LogP contribution in [0.15, 0.2) is 11.1 Å². The van der Waals surface area contributed by atoms with Gasteiger partial charge in [0.15, 0.2) is 0 Å². The van der Waals surface area contributed by atoms with Crippen molar-refractivity contribution in [1.29, 1.82) is 0 Å².